The molecule has 10 heteroatoms. The van der Waals surface area contributed by atoms with Crippen LogP contribution in [-0.2, 0) is 37.0 Å². The molecule has 2 unspecified atom stereocenters. The van der Waals surface area contributed by atoms with E-state index in [1.807, 2.05) is 55.6 Å². The smallest absolute Gasteiger partial charge is 0.131 e. The zero-order chi connectivity index (χ0) is 40.1. The quantitative estimate of drug-likeness (QED) is 0.113. The molecule has 2 heterocycles. The van der Waals surface area contributed by atoms with Crippen molar-refractivity contribution >= 4 is 43.5 Å². The van der Waals surface area contributed by atoms with Crippen LogP contribution in [0.5, 0.6) is 11.5 Å². The third-order valence-electron chi connectivity index (χ3n) is 10.6. The SMILES string of the molecule is C.C.COc1ccc(Br)cc1CCc1ccccc1C1=NCC(CO)N1C.COc1ccc(Br)cc1CCc1ccccc1C1=NCC(COCc2ccccc2)N1C. The number of ether oxygens (including phenoxy) is 3. The average molecular weight is 929 g/mol. The van der Waals surface area contributed by atoms with Crippen molar-refractivity contribution in [3.05, 3.63) is 163 Å². The maximum Gasteiger partial charge on any atom is 0.131 e. The summed E-state index contributed by atoms with van der Waals surface area (Å²) in [4.78, 5) is 13.9. The van der Waals surface area contributed by atoms with Crippen LogP contribution in [0.4, 0.5) is 0 Å². The number of hydrogen-bond donors (Lipinski definition) is 1. The predicted molar refractivity (Wildman–Crippen MR) is 252 cm³/mol. The minimum Gasteiger partial charge on any atom is -0.496 e. The summed E-state index contributed by atoms with van der Waals surface area (Å²) in [5, 5.41) is 9.47. The van der Waals surface area contributed by atoms with Gasteiger partial charge in [-0.3, -0.25) is 9.98 Å². The van der Waals surface area contributed by atoms with Gasteiger partial charge in [-0.25, -0.2) is 0 Å². The highest BCUT2D eigenvalue weighted by molar-refractivity contribution is 9.10. The van der Waals surface area contributed by atoms with Gasteiger partial charge in [-0.15, -0.1) is 0 Å². The van der Waals surface area contributed by atoms with Crippen molar-refractivity contribution in [2.45, 2.75) is 59.2 Å². The van der Waals surface area contributed by atoms with Crippen LogP contribution in [0.2, 0.25) is 0 Å². The van der Waals surface area contributed by atoms with E-state index >= 15 is 0 Å². The van der Waals surface area contributed by atoms with Crippen LogP contribution in [0, 0.1) is 0 Å². The Morgan fingerprint density at radius 3 is 1.51 bits per heavy atom. The molecule has 5 aromatic carbocycles. The molecule has 5 aromatic rings. The number of aryl methyl sites for hydroxylation is 4. The third-order valence-corrected chi connectivity index (χ3v) is 11.6. The van der Waals surface area contributed by atoms with Gasteiger partial charge in [0.05, 0.1) is 59.2 Å². The Bertz CT molecular complexity index is 2140. The number of nitrogens with zero attached hydrogens (tertiary/aromatic N) is 4. The summed E-state index contributed by atoms with van der Waals surface area (Å²) in [5.41, 5.74) is 8.49. The van der Waals surface area contributed by atoms with Crippen LogP contribution in [0.1, 0.15) is 53.8 Å². The summed E-state index contributed by atoms with van der Waals surface area (Å²) in [6, 6.07) is 39.9. The van der Waals surface area contributed by atoms with Gasteiger partial charge < -0.3 is 29.1 Å². The second kappa shape index (κ2) is 23.3. The molecular formula is C49H60Br2N4O4. The molecule has 314 valence electrons. The van der Waals surface area contributed by atoms with E-state index in [9.17, 15) is 5.11 Å². The molecule has 2 atom stereocenters. The fraction of sp³-hybridized carbons (Fsp3) is 0.347. The lowest BCUT2D eigenvalue weighted by atomic mass is 9.98. The number of amidine groups is 2. The monoisotopic (exact) mass is 926 g/mol. The largest absolute Gasteiger partial charge is 0.496 e. The van der Waals surface area contributed by atoms with Crippen molar-refractivity contribution in [2.24, 2.45) is 9.98 Å². The number of methoxy groups -OCH3 is 2. The standard InChI is InChI=1S/C27H29BrN2O2.C20H23BrN2O2.2CH4/c1-30-24(19-32-18-20-8-4-3-5-9-20)17-29-27(30)25-11-7-6-10-21(25)12-13-22-16-23(28)14-15-26(22)31-2;1-23-17(13-24)12-22-20(23)18-6-4-3-5-14(18)7-8-15-11-16(21)9-10-19(15)25-2;;/h3-11,14-16,24H,12-13,17-19H2,1-2H3;3-6,9-11,17,24H,7-8,12-13H2,1-2H3;2*1H4. The molecule has 0 aliphatic carbocycles. The van der Waals surface area contributed by atoms with E-state index in [0.29, 0.717) is 19.8 Å². The maximum atomic E-state index is 9.47. The van der Waals surface area contributed by atoms with Gasteiger partial charge in [0.2, 0.25) is 0 Å². The fourth-order valence-electron chi connectivity index (χ4n) is 7.32. The van der Waals surface area contributed by atoms with Crippen molar-refractivity contribution < 1.29 is 19.3 Å². The summed E-state index contributed by atoms with van der Waals surface area (Å²) >= 11 is 7.11. The lowest BCUT2D eigenvalue weighted by Gasteiger charge is -2.24. The Morgan fingerprint density at radius 2 is 1.03 bits per heavy atom. The zero-order valence-corrected chi connectivity index (χ0v) is 36.4. The molecular weight excluding hydrogens is 868 g/mol. The molecule has 0 saturated carbocycles. The Labute approximate surface area is 369 Å². The van der Waals surface area contributed by atoms with Crippen molar-refractivity contribution in [3.8, 4) is 11.5 Å². The van der Waals surface area contributed by atoms with Gasteiger partial charge in [0.1, 0.15) is 23.2 Å². The van der Waals surface area contributed by atoms with Gasteiger partial charge in [-0.1, -0.05) is 126 Å². The normalized spacial score (nSPS) is 15.6. The van der Waals surface area contributed by atoms with Crippen molar-refractivity contribution in [1.29, 1.82) is 0 Å². The molecule has 2 aliphatic heterocycles. The van der Waals surface area contributed by atoms with E-state index in [1.54, 1.807) is 14.2 Å². The van der Waals surface area contributed by atoms with Crippen LogP contribution in [0.25, 0.3) is 0 Å². The Morgan fingerprint density at radius 1 is 0.593 bits per heavy atom. The summed E-state index contributed by atoms with van der Waals surface area (Å²) in [6.07, 6.45) is 3.62. The molecule has 1 N–H and O–H groups in total. The Hall–Kier alpha value is -4.48. The van der Waals surface area contributed by atoms with Gasteiger partial charge >= 0.3 is 0 Å². The summed E-state index contributed by atoms with van der Waals surface area (Å²) in [7, 11) is 7.55. The second-order valence-electron chi connectivity index (χ2n) is 14.3. The van der Waals surface area contributed by atoms with Gasteiger partial charge in [0, 0.05) is 34.2 Å². The van der Waals surface area contributed by atoms with Gasteiger partial charge in [-0.05, 0) is 89.9 Å². The molecule has 0 aromatic heterocycles. The average Bonchev–Trinajstić information content (AvgIpc) is 3.80. The van der Waals surface area contributed by atoms with E-state index in [0.717, 1.165) is 69.9 Å². The highest BCUT2D eigenvalue weighted by atomic mass is 79.9. The zero-order valence-electron chi connectivity index (χ0n) is 33.2. The van der Waals surface area contributed by atoms with Crippen molar-refractivity contribution in [2.75, 3.05) is 54.6 Å². The van der Waals surface area contributed by atoms with E-state index in [1.165, 1.54) is 33.4 Å². The minimum atomic E-state index is 0. The molecule has 7 rings (SSSR count). The molecule has 0 radical (unpaired) electrons. The number of benzene rings is 5. The highest BCUT2D eigenvalue weighted by Gasteiger charge is 2.28. The lowest BCUT2D eigenvalue weighted by molar-refractivity contribution is 0.0866. The molecule has 59 heavy (non-hydrogen) atoms. The third kappa shape index (κ3) is 12.3. The lowest BCUT2D eigenvalue weighted by Crippen LogP contribution is -2.37. The van der Waals surface area contributed by atoms with Crippen LogP contribution in [0.15, 0.2) is 134 Å². The van der Waals surface area contributed by atoms with Gasteiger partial charge in [-0.2, -0.15) is 0 Å². The molecule has 2 aliphatic rings. The number of aliphatic imine (C=N–C) groups is 2. The number of aliphatic hydroxyl groups excluding tert-OH is 1. The van der Waals surface area contributed by atoms with E-state index < -0.39 is 0 Å². The first kappa shape index (κ1) is 47.2. The number of halogens is 2. The Kier molecular flexibility index (Phi) is 18.7. The van der Waals surface area contributed by atoms with Crippen LogP contribution < -0.4 is 9.47 Å². The fourth-order valence-corrected chi connectivity index (χ4v) is 8.13. The van der Waals surface area contributed by atoms with Crippen molar-refractivity contribution in [1.82, 2.24) is 9.80 Å². The first-order valence-corrected chi connectivity index (χ1v) is 21.0. The summed E-state index contributed by atoms with van der Waals surface area (Å²) < 4.78 is 19.2. The van der Waals surface area contributed by atoms with Crippen LogP contribution >= 0.6 is 31.9 Å². The van der Waals surface area contributed by atoms with Crippen LogP contribution in [0.3, 0.4) is 0 Å². The Balaban J connectivity index is 0.000000259. The number of likely N-dealkylation sites (N-methyl/N-ethyl adjacent to an activating group) is 2. The number of aliphatic hydroxyl groups is 1. The topological polar surface area (TPSA) is 79.1 Å². The molecule has 8 nitrogen and oxygen atoms in total. The number of rotatable bonds is 15. The summed E-state index contributed by atoms with van der Waals surface area (Å²) in [6.45, 7) is 2.83. The molecule has 0 amide bonds. The van der Waals surface area contributed by atoms with E-state index in [2.05, 4.69) is 120 Å². The maximum absolute atomic E-state index is 9.47. The van der Waals surface area contributed by atoms with Gasteiger partial charge in [0.25, 0.3) is 0 Å². The molecule has 0 bridgehead atoms. The summed E-state index contributed by atoms with van der Waals surface area (Å²) in [5.74, 6) is 3.86. The van der Waals surface area contributed by atoms with Gasteiger partial charge in [0.15, 0.2) is 0 Å². The molecule has 0 saturated heterocycles. The minimum absolute atomic E-state index is 0. The predicted octanol–water partition coefficient (Wildman–Crippen LogP) is 10.1. The van der Waals surface area contributed by atoms with E-state index in [-0.39, 0.29) is 33.5 Å². The van der Waals surface area contributed by atoms with Crippen molar-refractivity contribution in [3.63, 3.8) is 0 Å². The highest BCUT2D eigenvalue weighted by Crippen LogP contribution is 2.28. The number of hydrogen-bond acceptors (Lipinski definition) is 8. The van der Waals surface area contributed by atoms with Crippen LogP contribution in [-0.4, -0.2) is 93.3 Å². The molecule has 0 fully saturated rings. The second-order valence-corrected chi connectivity index (χ2v) is 16.1. The van der Waals surface area contributed by atoms with E-state index in [4.69, 9.17) is 19.2 Å². The first-order valence-electron chi connectivity index (χ1n) is 19.4. The molecule has 0 spiro atoms. The first-order chi connectivity index (χ1) is 27.8.